The molecule has 10 heteroatoms. The van der Waals surface area contributed by atoms with E-state index in [0.717, 1.165) is 0 Å². The molecule has 0 spiro atoms. The highest BCUT2D eigenvalue weighted by atomic mass is 32.2. The highest BCUT2D eigenvalue weighted by molar-refractivity contribution is 8.00. The van der Waals surface area contributed by atoms with Crippen LogP contribution in [-0.2, 0) is 0 Å². The molecule has 153 valence electrons. The molecule has 0 aliphatic heterocycles. The molecule has 3 N–H and O–H groups in total. The fraction of sp³-hybridized carbons (Fsp3) is 0.316. The number of nitrogens with zero attached hydrogens (tertiary/aromatic N) is 3. The van der Waals surface area contributed by atoms with Gasteiger partial charge in [0.15, 0.2) is 5.65 Å². The standard InChI is InChI=1S/C19H18F3N4O2S/c1-10-8-14(18(28)17(10)27)24-15-6-7-23-16-9-13(25-26(15)16)11-2-4-12(5-3-11)29-19(20,21)22/h2-7,9-10,14,17-18,24,27-28H,1,8H2/t10-,14-,17-,18+/m1/s1. The van der Waals surface area contributed by atoms with Crippen molar-refractivity contribution in [3.63, 3.8) is 0 Å². The lowest BCUT2D eigenvalue weighted by Crippen LogP contribution is -2.35. The minimum Gasteiger partial charge on any atom is -0.390 e. The molecule has 0 bridgehead atoms. The number of alkyl halides is 3. The van der Waals surface area contributed by atoms with Gasteiger partial charge in [-0.25, -0.2) is 4.98 Å². The molecule has 1 aliphatic rings. The lowest BCUT2D eigenvalue weighted by atomic mass is 10.1. The smallest absolute Gasteiger partial charge is 0.390 e. The number of hydrogen-bond acceptors (Lipinski definition) is 6. The number of rotatable bonds is 4. The maximum absolute atomic E-state index is 12.5. The third kappa shape index (κ3) is 4.19. The average molecular weight is 423 g/mol. The highest BCUT2D eigenvalue weighted by Gasteiger charge is 2.39. The maximum atomic E-state index is 12.5. The van der Waals surface area contributed by atoms with Crippen LogP contribution in [0.3, 0.4) is 0 Å². The first-order chi connectivity index (χ1) is 13.7. The first-order valence-electron chi connectivity index (χ1n) is 8.88. The van der Waals surface area contributed by atoms with Crippen molar-refractivity contribution in [1.29, 1.82) is 0 Å². The zero-order valence-corrected chi connectivity index (χ0v) is 15.9. The molecule has 1 aromatic carbocycles. The van der Waals surface area contributed by atoms with E-state index in [1.54, 1.807) is 35.0 Å². The molecule has 4 atom stereocenters. The average Bonchev–Trinajstić information content (AvgIpc) is 3.19. The quantitative estimate of drug-likeness (QED) is 0.559. The van der Waals surface area contributed by atoms with Gasteiger partial charge in [-0.3, -0.25) is 0 Å². The minimum absolute atomic E-state index is 0.0991. The van der Waals surface area contributed by atoms with Crippen molar-refractivity contribution >= 4 is 23.2 Å². The van der Waals surface area contributed by atoms with Crippen LogP contribution in [0, 0.1) is 12.8 Å². The molecular formula is C19H18F3N4O2S. The Bertz CT molecular complexity index is 1010. The Morgan fingerprint density at radius 3 is 2.48 bits per heavy atom. The van der Waals surface area contributed by atoms with Crippen LogP contribution >= 0.6 is 11.8 Å². The van der Waals surface area contributed by atoms with E-state index in [1.807, 2.05) is 0 Å². The summed E-state index contributed by atoms with van der Waals surface area (Å²) >= 11 is -0.167. The summed E-state index contributed by atoms with van der Waals surface area (Å²) in [5, 5.41) is 27.8. The van der Waals surface area contributed by atoms with Crippen molar-refractivity contribution in [3.8, 4) is 11.3 Å². The summed E-state index contributed by atoms with van der Waals surface area (Å²) < 4.78 is 39.0. The molecule has 2 aromatic heterocycles. The third-order valence-corrected chi connectivity index (χ3v) is 5.62. The Labute approximate surface area is 168 Å². The van der Waals surface area contributed by atoms with Crippen LogP contribution in [-0.4, -0.2) is 48.6 Å². The van der Waals surface area contributed by atoms with E-state index >= 15 is 0 Å². The minimum atomic E-state index is -4.33. The summed E-state index contributed by atoms with van der Waals surface area (Å²) in [5.74, 6) is 0.303. The van der Waals surface area contributed by atoms with E-state index in [4.69, 9.17) is 0 Å². The van der Waals surface area contributed by atoms with E-state index < -0.39 is 17.7 Å². The molecule has 1 saturated carbocycles. The Morgan fingerprint density at radius 2 is 1.86 bits per heavy atom. The number of aromatic nitrogens is 3. The van der Waals surface area contributed by atoms with Crippen molar-refractivity contribution in [2.24, 2.45) is 5.92 Å². The fourth-order valence-electron chi connectivity index (χ4n) is 3.43. The lowest BCUT2D eigenvalue weighted by molar-refractivity contribution is -0.0328. The van der Waals surface area contributed by atoms with Crippen LogP contribution in [0.25, 0.3) is 16.9 Å². The predicted molar refractivity (Wildman–Crippen MR) is 103 cm³/mol. The van der Waals surface area contributed by atoms with Crippen LogP contribution in [0.15, 0.2) is 47.5 Å². The summed E-state index contributed by atoms with van der Waals surface area (Å²) in [5.41, 5.74) is -2.59. The second kappa shape index (κ2) is 7.51. The fourth-order valence-corrected chi connectivity index (χ4v) is 3.97. The first kappa shape index (κ1) is 20.0. The normalized spacial score (nSPS) is 24.9. The van der Waals surface area contributed by atoms with Gasteiger partial charge in [0.2, 0.25) is 0 Å². The van der Waals surface area contributed by atoms with E-state index in [2.05, 4.69) is 22.3 Å². The van der Waals surface area contributed by atoms with Gasteiger partial charge in [-0.15, -0.1) is 0 Å². The topological polar surface area (TPSA) is 82.7 Å². The molecule has 4 rings (SSSR count). The van der Waals surface area contributed by atoms with Gasteiger partial charge in [0, 0.05) is 22.7 Å². The van der Waals surface area contributed by atoms with Crippen LogP contribution in [0.2, 0.25) is 0 Å². The highest BCUT2D eigenvalue weighted by Crippen LogP contribution is 2.37. The monoisotopic (exact) mass is 423 g/mol. The second-order valence-electron chi connectivity index (χ2n) is 6.93. The number of benzene rings is 1. The lowest BCUT2D eigenvalue weighted by Gasteiger charge is -2.19. The predicted octanol–water partition coefficient (Wildman–Crippen LogP) is 3.36. The van der Waals surface area contributed by atoms with Gasteiger partial charge in [-0.1, -0.05) is 12.1 Å². The number of anilines is 1. The van der Waals surface area contributed by atoms with Gasteiger partial charge in [0.1, 0.15) is 11.9 Å². The Morgan fingerprint density at radius 1 is 1.14 bits per heavy atom. The third-order valence-electron chi connectivity index (χ3n) is 4.88. The number of aliphatic hydroxyl groups excluding tert-OH is 2. The summed E-state index contributed by atoms with van der Waals surface area (Å²) in [7, 11) is 0. The van der Waals surface area contributed by atoms with Crippen molar-refractivity contribution in [3.05, 3.63) is 49.5 Å². The molecule has 2 heterocycles. The molecular weight excluding hydrogens is 405 g/mol. The van der Waals surface area contributed by atoms with Crippen LogP contribution in [0.5, 0.6) is 0 Å². The SMILES string of the molecule is [CH2][C@@H]1C[C@@H](Nc2ccnc3cc(-c4ccc(SC(F)(F)F)cc4)nn23)[C@H](O)[C@@H]1O. The molecule has 1 radical (unpaired) electrons. The molecule has 0 unspecified atom stereocenters. The molecule has 1 aliphatic carbocycles. The molecule has 3 aromatic rings. The Kier molecular flexibility index (Phi) is 5.18. The zero-order chi connectivity index (χ0) is 20.8. The zero-order valence-electron chi connectivity index (χ0n) is 15.0. The molecule has 6 nitrogen and oxygen atoms in total. The largest absolute Gasteiger partial charge is 0.446 e. The van der Waals surface area contributed by atoms with Crippen LogP contribution < -0.4 is 5.32 Å². The summed E-state index contributed by atoms with van der Waals surface area (Å²) in [6, 6.07) is 8.98. The molecule has 29 heavy (non-hydrogen) atoms. The molecule has 1 fully saturated rings. The molecule has 0 saturated heterocycles. The van der Waals surface area contributed by atoms with Crippen LogP contribution in [0.1, 0.15) is 6.42 Å². The number of nitrogens with one attached hydrogen (secondary N) is 1. The van der Waals surface area contributed by atoms with Gasteiger partial charge in [0.25, 0.3) is 0 Å². The van der Waals surface area contributed by atoms with E-state index in [1.165, 1.54) is 12.1 Å². The van der Waals surface area contributed by atoms with Gasteiger partial charge in [-0.2, -0.15) is 22.8 Å². The summed E-state index contributed by atoms with van der Waals surface area (Å²) in [6.07, 6.45) is 0.241. The number of halogens is 3. The van der Waals surface area contributed by atoms with E-state index in [-0.39, 0.29) is 28.6 Å². The number of hydrogen-bond donors (Lipinski definition) is 3. The van der Waals surface area contributed by atoms with Gasteiger partial charge < -0.3 is 15.5 Å². The van der Waals surface area contributed by atoms with Crippen molar-refractivity contribution in [2.45, 2.75) is 35.1 Å². The van der Waals surface area contributed by atoms with E-state index in [9.17, 15) is 23.4 Å². The van der Waals surface area contributed by atoms with E-state index in [0.29, 0.717) is 29.1 Å². The van der Waals surface area contributed by atoms with Gasteiger partial charge in [-0.05, 0) is 49.2 Å². The number of thioether (sulfide) groups is 1. The van der Waals surface area contributed by atoms with Crippen molar-refractivity contribution < 1.29 is 23.4 Å². The second-order valence-corrected chi connectivity index (χ2v) is 8.07. The summed E-state index contributed by atoms with van der Waals surface area (Å²) in [4.78, 5) is 4.36. The first-order valence-corrected chi connectivity index (χ1v) is 9.69. The van der Waals surface area contributed by atoms with Crippen LogP contribution in [0.4, 0.5) is 19.0 Å². The maximum Gasteiger partial charge on any atom is 0.446 e. The van der Waals surface area contributed by atoms with Gasteiger partial charge >= 0.3 is 5.51 Å². The van der Waals surface area contributed by atoms with Crippen molar-refractivity contribution in [1.82, 2.24) is 14.6 Å². The molecule has 0 amide bonds. The Hall–Kier alpha value is -2.30. The Balaban J connectivity index is 1.59. The van der Waals surface area contributed by atoms with Gasteiger partial charge in [0.05, 0.1) is 17.8 Å². The number of fused-ring (bicyclic) bond motifs is 1. The number of aliphatic hydroxyl groups is 2. The van der Waals surface area contributed by atoms with Crippen molar-refractivity contribution in [2.75, 3.05) is 5.32 Å². The summed E-state index contributed by atoms with van der Waals surface area (Å²) in [6.45, 7) is 3.84.